The van der Waals surface area contributed by atoms with Crippen LogP contribution in [0.1, 0.15) is 40.5 Å². The number of nitrogens with zero attached hydrogens (tertiary/aromatic N) is 2. The Bertz CT molecular complexity index is 211. The zero-order valence-electron chi connectivity index (χ0n) is 11.4. The Balaban J connectivity index is 1.90. The molecule has 2 atom stereocenters. The van der Waals surface area contributed by atoms with Crippen molar-refractivity contribution in [1.82, 2.24) is 9.80 Å². The summed E-state index contributed by atoms with van der Waals surface area (Å²) >= 11 is 0. The number of hydrogen-bond acceptors (Lipinski definition) is 2. The minimum absolute atomic E-state index is 0.816. The third-order valence-electron chi connectivity index (χ3n) is 3.91. The molecule has 0 aliphatic carbocycles. The van der Waals surface area contributed by atoms with Gasteiger partial charge in [-0.25, -0.2) is 0 Å². The molecule has 2 aliphatic rings. The Morgan fingerprint density at radius 2 is 1.38 bits per heavy atom. The predicted octanol–water partition coefficient (Wildman–Crippen LogP) is 2.45. The van der Waals surface area contributed by atoms with Gasteiger partial charge in [-0.3, -0.25) is 9.80 Å². The molecular weight excluding hydrogens is 196 g/mol. The second kappa shape index (κ2) is 5.05. The van der Waals surface area contributed by atoms with Crippen LogP contribution in [0.15, 0.2) is 0 Å². The third kappa shape index (κ3) is 2.78. The first-order chi connectivity index (χ1) is 7.56. The monoisotopic (exact) mass is 224 g/mol. The fourth-order valence-electron chi connectivity index (χ4n) is 3.46. The van der Waals surface area contributed by atoms with Crippen molar-refractivity contribution in [3.63, 3.8) is 0 Å². The van der Waals surface area contributed by atoms with Crippen LogP contribution in [0, 0.1) is 11.8 Å². The lowest BCUT2D eigenvalue weighted by Gasteiger charge is -2.42. The van der Waals surface area contributed by atoms with Gasteiger partial charge in [-0.2, -0.15) is 0 Å². The third-order valence-corrected chi connectivity index (χ3v) is 3.91. The van der Waals surface area contributed by atoms with Crippen molar-refractivity contribution in [3.05, 3.63) is 0 Å². The molecule has 2 fully saturated rings. The lowest BCUT2D eigenvalue weighted by atomic mass is 10.1. The highest BCUT2D eigenvalue weighted by molar-refractivity contribution is 4.96. The van der Waals surface area contributed by atoms with E-state index in [1.165, 1.54) is 39.0 Å². The minimum Gasteiger partial charge on any atom is -0.300 e. The largest absolute Gasteiger partial charge is 0.300 e. The van der Waals surface area contributed by atoms with Gasteiger partial charge in [0.2, 0.25) is 0 Å². The van der Waals surface area contributed by atoms with Gasteiger partial charge in [-0.15, -0.1) is 0 Å². The first-order valence-corrected chi connectivity index (χ1v) is 7.04. The van der Waals surface area contributed by atoms with E-state index in [1.54, 1.807) is 0 Å². The summed E-state index contributed by atoms with van der Waals surface area (Å²) in [6.07, 6.45) is 2.87. The lowest BCUT2D eigenvalue weighted by molar-refractivity contribution is 0.0522. The zero-order chi connectivity index (χ0) is 11.7. The standard InChI is InChI=1S/C14H28N2/c1-11(2)7-15-9-13-5-6-14(10-15)16(13)8-12(3)4/h11-14H,5-10H2,1-4H3/t13-,14+. The number of fused-ring (bicyclic) bond motifs is 2. The Hall–Kier alpha value is -0.0800. The maximum atomic E-state index is 2.79. The molecule has 0 spiro atoms. The summed E-state index contributed by atoms with van der Waals surface area (Å²) < 4.78 is 0. The molecular formula is C14H28N2. The quantitative estimate of drug-likeness (QED) is 0.724. The summed E-state index contributed by atoms with van der Waals surface area (Å²) in [6.45, 7) is 14.6. The van der Waals surface area contributed by atoms with Gasteiger partial charge in [-0.1, -0.05) is 27.7 Å². The van der Waals surface area contributed by atoms with Crippen molar-refractivity contribution < 1.29 is 0 Å². The maximum Gasteiger partial charge on any atom is 0.0227 e. The first kappa shape index (κ1) is 12.4. The second-order valence-electron chi connectivity index (χ2n) is 6.59. The molecule has 2 heteroatoms. The Morgan fingerprint density at radius 3 is 1.81 bits per heavy atom. The van der Waals surface area contributed by atoms with Gasteiger partial charge in [0.25, 0.3) is 0 Å². The minimum atomic E-state index is 0.816. The second-order valence-corrected chi connectivity index (χ2v) is 6.59. The van der Waals surface area contributed by atoms with Crippen LogP contribution in [0.5, 0.6) is 0 Å². The van der Waals surface area contributed by atoms with Crippen LogP contribution < -0.4 is 0 Å². The summed E-state index contributed by atoms with van der Waals surface area (Å²) in [6, 6.07) is 1.72. The lowest BCUT2D eigenvalue weighted by Crippen LogP contribution is -2.55. The Kier molecular flexibility index (Phi) is 3.91. The van der Waals surface area contributed by atoms with Crippen LogP contribution in [-0.2, 0) is 0 Å². The van der Waals surface area contributed by atoms with E-state index in [9.17, 15) is 0 Å². The maximum absolute atomic E-state index is 2.79. The van der Waals surface area contributed by atoms with Crippen molar-refractivity contribution in [2.45, 2.75) is 52.6 Å². The van der Waals surface area contributed by atoms with Crippen LogP contribution in [0.3, 0.4) is 0 Å². The molecule has 0 aromatic heterocycles. The topological polar surface area (TPSA) is 6.48 Å². The van der Waals surface area contributed by atoms with Crippen LogP contribution in [0.25, 0.3) is 0 Å². The van der Waals surface area contributed by atoms with E-state index in [2.05, 4.69) is 37.5 Å². The summed E-state index contributed by atoms with van der Waals surface area (Å²) in [5.41, 5.74) is 0. The normalized spacial score (nSPS) is 31.9. The molecule has 16 heavy (non-hydrogen) atoms. The molecule has 0 unspecified atom stereocenters. The van der Waals surface area contributed by atoms with Gasteiger partial charge < -0.3 is 0 Å². The molecule has 2 aliphatic heterocycles. The number of likely N-dealkylation sites (tertiary alicyclic amines) is 1. The number of rotatable bonds is 4. The van der Waals surface area contributed by atoms with Gasteiger partial charge in [0.1, 0.15) is 0 Å². The molecule has 2 bridgehead atoms. The summed E-state index contributed by atoms with van der Waals surface area (Å²) in [5, 5.41) is 0. The smallest absolute Gasteiger partial charge is 0.0227 e. The van der Waals surface area contributed by atoms with Crippen LogP contribution in [0.2, 0.25) is 0 Å². The summed E-state index contributed by atoms with van der Waals surface area (Å²) in [4.78, 5) is 5.49. The van der Waals surface area contributed by atoms with E-state index < -0.39 is 0 Å². The molecule has 0 aromatic rings. The molecule has 2 rings (SSSR count). The fourth-order valence-corrected chi connectivity index (χ4v) is 3.46. The van der Waals surface area contributed by atoms with Crippen molar-refractivity contribution in [2.24, 2.45) is 11.8 Å². The van der Waals surface area contributed by atoms with E-state index in [1.807, 2.05) is 0 Å². The van der Waals surface area contributed by atoms with E-state index >= 15 is 0 Å². The average Bonchev–Trinajstić information content (AvgIpc) is 2.43. The van der Waals surface area contributed by atoms with Crippen molar-refractivity contribution in [3.8, 4) is 0 Å². The fraction of sp³-hybridized carbons (Fsp3) is 1.00. The molecule has 0 radical (unpaired) electrons. The Morgan fingerprint density at radius 1 is 0.875 bits per heavy atom. The van der Waals surface area contributed by atoms with Gasteiger partial charge >= 0.3 is 0 Å². The summed E-state index contributed by atoms with van der Waals surface area (Å²) in [5.74, 6) is 1.63. The molecule has 0 N–H and O–H groups in total. The summed E-state index contributed by atoms with van der Waals surface area (Å²) in [7, 11) is 0. The van der Waals surface area contributed by atoms with Crippen LogP contribution in [0.4, 0.5) is 0 Å². The molecule has 0 amide bonds. The van der Waals surface area contributed by atoms with E-state index in [0.29, 0.717) is 0 Å². The van der Waals surface area contributed by atoms with E-state index in [0.717, 1.165) is 23.9 Å². The molecule has 94 valence electrons. The van der Waals surface area contributed by atoms with Gasteiger partial charge in [0, 0.05) is 38.3 Å². The zero-order valence-corrected chi connectivity index (χ0v) is 11.4. The molecule has 2 heterocycles. The van der Waals surface area contributed by atoms with Crippen molar-refractivity contribution in [1.29, 1.82) is 0 Å². The molecule has 2 nitrogen and oxygen atoms in total. The molecule has 0 aromatic carbocycles. The van der Waals surface area contributed by atoms with Crippen molar-refractivity contribution >= 4 is 0 Å². The van der Waals surface area contributed by atoms with Gasteiger partial charge in [-0.05, 0) is 24.7 Å². The van der Waals surface area contributed by atoms with Crippen LogP contribution in [-0.4, -0.2) is 48.1 Å². The highest BCUT2D eigenvalue weighted by atomic mass is 15.3. The van der Waals surface area contributed by atoms with Crippen molar-refractivity contribution in [2.75, 3.05) is 26.2 Å². The van der Waals surface area contributed by atoms with E-state index in [-0.39, 0.29) is 0 Å². The number of hydrogen-bond donors (Lipinski definition) is 0. The van der Waals surface area contributed by atoms with Gasteiger partial charge in [0.15, 0.2) is 0 Å². The highest BCUT2D eigenvalue weighted by Gasteiger charge is 2.39. The van der Waals surface area contributed by atoms with E-state index in [4.69, 9.17) is 0 Å². The highest BCUT2D eigenvalue weighted by Crippen LogP contribution is 2.30. The molecule has 2 saturated heterocycles. The average molecular weight is 224 g/mol. The van der Waals surface area contributed by atoms with Gasteiger partial charge in [0.05, 0.1) is 0 Å². The molecule has 0 saturated carbocycles. The SMILES string of the molecule is CC(C)CN1C[C@H]2CC[C@@H](C1)N2CC(C)C. The van der Waals surface area contributed by atoms with Crippen LogP contribution >= 0.6 is 0 Å². The predicted molar refractivity (Wildman–Crippen MR) is 69.6 cm³/mol. The number of piperazine rings is 1. The first-order valence-electron chi connectivity index (χ1n) is 7.04. The Labute approximate surface area is 101 Å².